The van der Waals surface area contributed by atoms with Gasteiger partial charge < -0.3 is 15.3 Å². The highest BCUT2D eigenvalue weighted by molar-refractivity contribution is 6.42. The minimum atomic E-state index is -0.361. The fraction of sp³-hybridized carbons (Fsp3) is 0.529. The standard InChI is InChI=1S/C11H20N2O2.C6H4Cl2O/c1-9(2)10(12-8-14)11(15)13-6-4-3-5-7-13;7-5-2-1-4(9)3-6(5)8/h8-10H,3-7H2,1-2H3,(H,12,14);1-3,9H. The van der Waals surface area contributed by atoms with Crippen molar-refractivity contribution in [2.45, 2.75) is 39.2 Å². The van der Waals surface area contributed by atoms with Crippen LogP contribution in [0.25, 0.3) is 0 Å². The van der Waals surface area contributed by atoms with Gasteiger partial charge >= 0.3 is 0 Å². The predicted molar refractivity (Wildman–Crippen MR) is 96.4 cm³/mol. The van der Waals surface area contributed by atoms with Crippen LogP contribution in [0.15, 0.2) is 18.2 Å². The van der Waals surface area contributed by atoms with Crippen LogP contribution < -0.4 is 5.32 Å². The summed E-state index contributed by atoms with van der Waals surface area (Å²) >= 11 is 11.1. The summed E-state index contributed by atoms with van der Waals surface area (Å²) in [5.41, 5.74) is 0. The molecule has 0 saturated carbocycles. The van der Waals surface area contributed by atoms with Crippen molar-refractivity contribution in [2.75, 3.05) is 13.1 Å². The summed E-state index contributed by atoms with van der Waals surface area (Å²) in [7, 11) is 0. The SMILES string of the molecule is CC(C)C(NC=O)C(=O)N1CCCCC1.Oc1ccc(Cl)c(Cl)c1. The number of hydrogen-bond acceptors (Lipinski definition) is 3. The van der Waals surface area contributed by atoms with Crippen LogP contribution in [-0.2, 0) is 9.59 Å². The number of phenolic OH excluding ortho intramolecular Hbond substituents is 1. The van der Waals surface area contributed by atoms with Gasteiger partial charge in [0.25, 0.3) is 0 Å². The van der Waals surface area contributed by atoms with Crippen molar-refractivity contribution in [2.24, 2.45) is 5.92 Å². The lowest BCUT2D eigenvalue weighted by molar-refractivity contribution is -0.136. The highest BCUT2D eigenvalue weighted by Crippen LogP contribution is 2.25. The second-order valence-electron chi connectivity index (χ2n) is 5.99. The molecule has 134 valence electrons. The van der Waals surface area contributed by atoms with Crippen LogP contribution in [0.2, 0.25) is 10.0 Å². The van der Waals surface area contributed by atoms with E-state index in [1.807, 2.05) is 18.7 Å². The molecule has 2 amide bonds. The van der Waals surface area contributed by atoms with Gasteiger partial charge in [-0.3, -0.25) is 9.59 Å². The molecule has 1 aromatic rings. The Bertz CT molecular complexity index is 547. The molecule has 2 rings (SSSR count). The molecule has 0 aliphatic carbocycles. The van der Waals surface area contributed by atoms with Crippen LogP contribution in [0.1, 0.15) is 33.1 Å². The first kappa shape index (κ1) is 20.6. The van der Waals surface area contributed by atoms with Gasteiger partial charge in [-0.25, -0.2) is 0 Å². The minimum absolute atomic E-state index is 0.0665. The highest BCUT2D eigenvalue weighted by Gasteiger charge is 2.27. The first-order valence-electron chi connectivity index (χ1n) is 7.99. The van der Waals surface area contributed by atoms with Gasteiger partial charge in [-0.15, -0.1) is 0 Å². The molecule has 0 aromatic heterocycles. The van der Waals surface area contributed by atoms with Gasteiger partial charge in [0.05, 0.1) is 10.0 Å². The van der Waals surface area contributed by atoms with Crippen molar-refractivity contribution < 1.29 is 14.7 Å². The normalized spacial score (nSPS) is 15.3. The predicted octanol–water partition coefficient (Wildman–Crippen LogP) is 3.47. The Hall–Kier alpha value is -1.46. The number of aromatic hydroxyl groups is 1. The molecule has 0 spiro atoms. The van der Waals surface area contributed by atoms with E-state index in [0.717, 1.165) is 25.9 Å². The number of halogens is 2. The Balaban J connectivity index is 0.000000272. The number of amides is 2. The lowest BCUT2D eigenvalue weighted by Crippen LogP contribution is -2.50. The number of nitrogens with one attached hydrogen (secondary N) is 1. The molecule has 1 saturated heterocycles. The van der Waals surface area contributed by atoms with E-state index < -0.39 is 0 Å². The van der Waals surface area contributed by atoms with E-state index in [1.165, 1.54) is 18.6 Å². The number of rotatable bonds is 4. The topological polar surface area (TPSA) is 69.6 Å². The molecule has 1 heterocycles. The van der Waals surface area contributed by atoms with Crippen molar-refractivity contribution >= 4 is 35.5 Å². The summed E-state index contributed by atoms with van der Waals surface area (Å²) in [6.07, 6.45) is 3.99. The number of carbonyl (C=O) groups is 2. The van der Waals surface area contributed by atoms with Gasteiger partial charge in [0.15, 0.2) is 0 Å². The zero-order chi connectivity index (χ0) is 18.1. The van der Waals surface area contributed by atoms with Crippen molar-refractivity contribution in [1.82, 2.24) is 10.2 Å². The zero-order valence-corrected chi connectivity index (χ0v) is 15.5. The first-order chi connectivity index (χ1) is 11.4. The Kier molecular flexibility index (Phi) is 8.93. The molecule has 2 N–H and O–H groups in total. The zero-order valence-electron chi connectivity index (χ0n) is 14.0. The summed E-state index contributed by atoms with van der Waals surface area (Å²) < 4.78 is 0. The second-order valence-corrected chi connectivity index (χ2v) is 6.80. The second kappa shape index (κ2) is 10.4. The molecule has 1 aliphatic heterocycles. The fourth-order valence-corrected chi connectivity index (χ4v) is 2.71. The Labute approximate surface area is 152 Å². The van der Waals surface area contributed by atoms with E-state index in [2.05, 4.69) is 5.32 Å². The molecular formula is C17H24Cl2N2O3. The molecular weight excluding hydrogens is 351 g/mol. The number of hydrogen-bond donors (Lipinski definition) is 2. The van der Waals surface area contributed by atoms with Crippen LogP contribution in [0.5, 0.6) is 5.75 Å². The molecule has 5 nitrogen and oxygen atoms in total. The summed E-state index contributed by atoms with van der Waals surface area (Å²) in [4.78, 5) is 24.3. The molecule has 1 fully saturated rings. The number of carbonyl (C=O) groups excluding carboxylic acids is 2. The van der Waals surface area contributed by atoms with E-state index >= 15 is 0 Å². The van der Waals surface area contributed by atoms with E-state index in [0.29, 0.717) is 16.5 Å². The molecule has 7 heteroatoms. The van der Waals surface area contributed by atoms with Gasteiger partial charge in [-0.05, 0) is 43.4 Å². The largest absolute Gasteiger partial charge is 0.508 e. The van der Waals surface area contributed by atoms with Gasteiger partial charge in [-0.1, -0.05) is 37.0 Å². The minimum Gasteiger partial charge on any atom is -0.508 e. The average Bonchev–Trinajstić information content (AvgIpc) is 2.57. The average molecular weight is 375 g/mol. The maximum atomic E-state index is 12.0. The third kappa shape index (κ3) is 6.57. The Morgan fingerprint density at radius 3 is 2.29 bits per heavy atom. The molecule has 0 bridgehead atoms. The van der Waals surface area contributed by atoms with E-state index in [9.17, 15) is 9.59 Å². The fourth-order valence-electron chi connectivity index (χ4n) is 2.42. The van der Waals surface area contributed by atoms with Crippen LogP contribution >= 0.6 is 23.2 Å². The van der Waals surface area contributed by atoms with E-state index in [-0.39, 0.29) is 23.6 Å². The Morgan fingerprint density at radius 1 is 1.21 bits per heavy atom. The summed E-state index contributed by atoms with van der Waals surface area (Å²) in [5, 5.41) is 12.2. The third-order valence-corrected chi connectivity index (χ3v) is 4.49. The van der Waals surface area contributed by atoms with Crippen molar-refractivity contribution in [3.05, 3.63) is 28.2 Å². The third-order valence-electron chi connectivity index (χ3n) is 3.75. The van der Waals surface area contributed by atoms with Crippen molar-refractivity contribution in [3.63, 3.8) is 0 Å². The number of nitrogens with zero attached hydrogens (tertiary/aromatic N) is 1. The van der Waals surface area contributed by atoms with Gasteiger partial charge in [0.1, 0.15) is 11.8 Å². The molecule has 1 unspecified atom stereocenters. The van der Waals surface area contributed by atoms with E-state index in [1.54, 1.807) is 6.07 Å². The number of phenols is 1. The van der Waals surface area contributed by atoms with Crippen LogP contribution in [0, 0.1) is 5.92 Å². The molecule has 0 radical (unpaired) electrons. The lowest BCUT2D eigenvalue weighted by Gasteiger charge is -2.31. The quantitative estimate of drug-likeness (QED) is 0.792. The maximum Gasteiger partial charge on any atom is 0.245 e. The Morgan fingerprint density at radius 2 is 1.83 bits per heavy atom. The van der Waals surface area contributed by atoms with Crippen LogP contribution in [0.4, 0.5) is 0 Å². The van der Waals surface area contributed by atoms with Gasteiger partial charge in [0, 0.05) is 13.1 Å². The van der Waals surface area contributed by atoms with Gasteiger partial charge in [0.2, 0.25) is 12.3 Å². The number of piperidine rings is 1. The van der Waals surface area contributed by atoms with Crippen LogP contribution in [0.3, 0.4) is 0 Å². The van der Waals surface area contributed by atoms with Gasteiger partial charge in [-0.2, -0.15) is 0 Å². The first-order valence-corrected chi connectivity index (χ1v) is 8.75. The summed E-state index contributed by atoms with van der Waals surface area (Å²) in [6.45, 7) is 5.57. The molecule has 1 aliphatic rings. The van der Waals surface area contributed by atoms with Crippen LogP contribution in [-0.4, -0.2) is 41.5 Å². The van der Waals surface area contributed by atoms with Crippen molar-refractivity contribution in [3.8, 4) is 5.75 Å². The monoisotopic (exact) mass is 374 g/mol. The van der Waals surface area contributed by atoms with Crippen molar-refractivity contribution in [1.29, 1.82) is 0 Å². The smallest absolute Gasteiger partial charge is 0.245 e. The molecule has 1 aromatic carbocycles. The number of benzene rings is 1. The van der Waals surface area contributed by atoms with E-state index in [4.69, 9.17) is 28.3 Å². The highest BCUT2D eigenvalue weighted by atomic mass is 35.5. The molecule has 24 heavy (non-hydrogen) atoms. The summed E-state index contributed by atoms with van der Waals surface area (Å²) in [5.74, 6) is 0.339. The summed E-state index contributed by atoms with van der Waals surface area (Å²) in [6, 6.07) is 4.05. The number of likely N-dealkylation sites (tertiary alicyclic amines) is 1. The maximum absolute atomic E-state index is 12.0. The molecule has 1 atom stereocenters. The lowest BCUT2D eigenvalue weighted by atomic mass is 10.0.